The highest BCUT2D eigenvalue weighted by Gasteiger charge is 2.37. The lowest BCUT2D eigenvalue weighted by molar-refractivity contribution is -0.141. The fourth-order valence-corrected chi connectivity index (χ4v) is 3.86. The molecule has 0 bridgehead atoms. The summed E-state index contributed by atoms with van der Waals surface area (Å²) in [6.07, 6.45) is 1.51. The molecule has 38 heavy (non-hydrogen) atoms. The van der Waals surface area contributed by atoms with Gasteiger partial charge in [-0.05, 0) is 63.4 Å². The number of nitrogens with zero attached hydrogens (tertiary/aromatic N) is 1. The van der Waals surface area contributed by atoms with Crippen LogP contribution in [0.25, 0.3) is 0 Å². The number of carbonyl (C=O) groups excluding carboxylic acids is 3. The van der Waals surface area contributed by atoms with Crippen LogP contribution in [0.15, 0.2) is 61.2 Å². The van der Waals surface area contributed by atoms with E-state index in [1.165, 1.54) is 4.90 Å². The summed E-state index contributed by atoms with van der Waals surface area (Å²) in [5.41, 5.74) is 1.49. The van der Waals surface area contributed by atoms with E-state index in [4.69, 9.17) is 9.47 Å². The Labute approximate surface area is 226 Å². The number of benzene rings is 2. The predicted octanol–water partition coefficient (Wildman–Crippen LogP) is 5.64. The van der Waals surface area contributed by atoms with Crippen molar-refractivity contribution in [1.82, 2.24) is 10.2 Å². The summed E-state index contributed by atoms with van der Waals surface area (Å²) >= 11 is 0. The summed E-state index contributed by atoms with van der Waals surface area (Å²) in [5, 5.41) is 5.67. The van der Waals surface area contributed by atoms with Gasteiger partial charge in [-0.1, -0.05) is 56.2 Å². The van der Waals surface area contributed by atoms with Crippen molar-refractivity contribution in [2.75, 3.05) is 19.0 Å². The second-order valence-electron chi connectivity index (χ2n) is 10.3. The van der Waals surface area contributed by atoms with Crippen LogP contribution in [0.2, 0.25) is 0 Å². The first-order valence-corrected chi connectivity index (χ1v) is 12.8. The van der Waals surface area contributed by atoms with Gasteiger partial charge >= 0.3 is 6.09 Å². The van der Waals surface area contributed by atoms with Gasteiger partial charge in [0.05, 0.1) is 7.11 Å². The van der Waals surface area contributed by atoms with Crippen molar-refractivity contribution in [3.8, 4) is 5.75 Å². The minimum absolute atomic E-state index is 0.0936. The van der Waals surface area contributed by atoms with Crippen molar-refractivity contribution in [2.24, 2.45) is 5.92 Å². The number of alkyl carbamates (subject to hydrolysis) is 1. The van der Waals surface area contributed by atoms with Gasteiger partial charge in [-0.25, -0.2) is 4.79 Å². The zero-order valence-corrected chi connectivity index (χ0v) is 23.5. The van der Waals surface area contributed by atoms with Gasteiger partial charge in [-0.3, -0.25) is 9.59 Å². The normalized spacial score (nSPS) is 13.4. The molecule has 0 saturated heterocycles. The Kier molecular flexibility index (Phi) is 10.9. The van der Waals surface area contributed by atoms with E-state index in [1.54, 1.807) is 58.2 Å². The zero-order valence-electron chi connectivity index (χ0n) is 23.5. The molecule has 0 radical (unpaired) electrons. The van der Waals surface area contributed by atoms with Crippen LogP contribution in [0.4, 0.5) is 10.5 Å². The molecule has 8 heteroatoms. The highest BCUT2D eigenvalue weighted by Crippen LogP contribution is 2.27. The Morgan fingerprint density at radius 2 is 1.66 bits per heavy atom. The molecule has 3 atom stereocenters. The Morgan fingerprint density at radius 1 is 1.05 bits per heavy atom. The molecule has 2 aromatic rings. The zero-order chi connectivity index (χ0) is 28.5. The third-order valence-electron chi connectivity index (χ3n) is 6.07. The quantitative estimate of drug-likeness (QED) is 0.372. The average Bonchev–Trinajstić information content (AvgIpc) is 2.86. The number of anilines is 1. The molecule has 2 aromatic carbocycles. The monoisotopic (exact) mass is 523 g/mol. The maximum Gasteiger partial charge on any atom is 0.408 e. The molecule has 0 saturated carbocycles. The minimum atomic E-state index is -0.977. The van der Waals surface area contributed by atoms with Crippen molar-refractivity contribution in [3.05, 3.63) is 72.3 Å². The first kappa shape index (κ1) is 30.4. The lowest BCUT2D eigenvalue weighted by Crippen LogP contribution is -2.54. The van der Waals surface area contributed by atoms with Crippen LogP contribution >= 0.6 is 0 Å². The number of hydrogen-bond donors (Lipinski definition) is 2. The van der Waals surface area contributed by atoms with Crippen molar-refractivity contribution in [3.63, 3.8) is 0 Å². The molecular weight excluding hydrogens is 482 g/mol. The van der Waals surface area contributed by atoms with E-state index < -0.39 is 35.6 Å². The number of hydrogen-bond acceptors (Lipinski definition) is 5. The second-order valence-corrected chi connectivity index (χ2v) is 10.3. The summed E-state index contributed by atoms with van der Waals surface area (Å²) in [5.74, 6) is -0.355. The van der Waals surface area contributed by atoms with Crippen molar-refractivity contribution >= 4 is 23.6 Å². The van der Waals surface area contributed by atoms with Gasteiger partial charge < -0.3 is 25.0 Å². The second kappa shape index (κ2) is 13.7. The molecule has 0 aliphatic heterocycles. The van der Waals surface area contributed by atoms with E-state index in [-0.39, 0.29) is 12.5 Å². The molecule has 3 amide bonds. The van der Waals surface area contributed by atoms with E-state index in [2.05, 4.69) is 17.2 Å². The Hall–Kier alpha value is -3.81. The molecule has 0 aliphatic carbocycles. The van der Waals surface area contributed by atoms with E-state index >= 15 is 0 Å². The maximum absolute atomic E-state index is 14.1. The third kappa shape index (κ3) is 8.64. The van der Waals surface area contributed by atoms with Gasteiger partial charge in [0.15, 0.2) is 0 Å². The van der Waals surface area contributed by atoms with Gasteiger partial charge in [-0.2, -0.15) is 0 Å². The Balaban J connectivity index is 2.49. The van der Waals surface area contributed by atoms with Crippen molar-refractivity contribution in [1.29, 1.82) is 0 Å². The summed E-state index contributed by atoms with van der Waals surface area (Å²) in [6, 6.07) is 12.5. The third-order valence-corrected chi connectivity index (χ3v) is 6.07. The fourth-order valence-electron chi connectivity index (χ4n) is 3.86. The van der Waals surface area contributed by atoms with Gasteiger partial charge in [0.1, 0.15) is 23.4 Å². The molecule has 206 valence electrons. The number of aryl methyl sites for hydroxylation is 1. The van der Waals surface area contributed by atoms with E-state index in [9.17, 15) is 14.4 Å². The van der Waals surface area contributed by atoms with E-state index in [0.717, 1.165) is 5.56 Å². The summed E-state index contributed by atoms with van der Waals surface area (Å²) in [7, 11) is 1.57. The van der Waals surface area contributed by atoms with Crippen LogP contribution in [-0.2, 0) is 14.3 Å². The summed E-state index contributed by atoms with van der Waals surface area (Å²) < 4.78 is 10.6. The summed E-state index contributed by atoms with van der Waals surface area (Å²) in [6.45, 7) is 15.0. The van der Waals surface area contributed by atoms with E-state index in [0.29, 0.717) is 23.4 Å². The van der Waals surface area contributed by atoms with Gasteiger partial charge in [-0.15, -0.1) is 6.58 Å². The molecule has 0 aliphatic rings. The largest absolute Gasteiger partial charge is 0.497 e. The van der Waals surface area contributed by atoms with Crippen LogP contribution in [0.5, 0.6) is 5.75 Å². The Morgan fingerprint density at radius 3 is 2.16 bits per heavy atom. The number of ether oxygens (including phenoxy) is 2. The smallest absolute Gasteiger partial charge is 0.408 e. The van der Waals surface area contributed by atoms with Crippen LogP contribution < -0.4 is 15.4 Å². The lowest BCUT2D eigenvalue weighted by Gasteiger charge is -2.35. The summed E-state index contributed by atoms with van der Waals surface area (Å²) in [4.78, 5) is 41.9. The number of nitrogens with one attached hydrogen (secondary N) is 2. The van der Waals surface area contributed by atoms with Gasteiger partial charge in [0.2, 0.25) is 5.91 Å². The van der Waals surface area contributed by atoms with Crippen molar-refractivity contribution < 1.29 is 23.9 Å². The van der Waals surface area contributed by atoms with Crippen LogP contribution in [0.1, 0.15) is 58.2 Å². The molecule has 2 N–H and O–H groups in total. The molecule has 0 heterocycles. The molecule has 0 aromatic heterocycles. The number of carbonyl (C=O) groups is 3. The minimum Gasteiger partial charge on any atom is -0.497 e. The average molecular weight is 524 g/mol. The molecule has 3 unspecified atom stereocenters. The highest BCUT2D eigenvalue weighted by atomic mass is 16.6. The van der Waals surface area contributed by atoms with Crippen LogP contribution in [-0.4, -0.2) is 48.1 Å². The van der Waals surface area contributed by atoms with E-state index in [1.807, 2.05) is 45.0 Å². The fraction of sp³-hybridized carbons (Fsp3) is 0.433. The predicted molar refractivity (Wildman–Crippen MR) is 150 cm³/mol. The molecule has 0 fully saturated rings. The Bertz CT molecular complexity index is 1090. The molecular formula is C30H41N3O5. The first-order chi connectivity index (χ1) is 17.9. The van der Waals surface area contributed by atoms with Crippen LogP contribution in [0, 0.1) is 12.8 Å². The van der Waals surface area contributed by atoms with Gasteiger partial charge in [0, 0.05) is 12.2 Å². The lowest BCUT2D eigenvalue weighted by atomic mass is 9.95. The molecule has 8 nitrogen and oxygen atoms in total. The first-order valence-electron chi connectivity index (χ1n) is 12.8. The van der Waals surface area contributed by atoms with Crippen molar-refractivity contribution in [2.45, 2.75) is 65.6 Å². The van der Waals surface area contributed by atoms with Crippen LogP contribution in [0.3, 0.4) is 0 Å². The molecule has 2 rings (SSSR count). The SMILES string of the molecule is C=CCN(C(=O)C(NC(=O)OC(C)(C)C)C(C)CC)C(C(=O)Nc1ccc(OC)cc1)c1ccc(C)cc1. The standard InChI is InChI=1S/C30H41N3O5/c1-9-19-33(28(35)25(21(4)10-2)32-29(36)38-30(5,6)7)26(22-13-11-20(3)12-14-22)27(34)31-23-15-17-24(37-8)18-16-23/h9,11-18,21,25-26H,1,10,19H2,2-8H3,(H,31,34)(H,32,36). The highest BCUT2D eigenvalue weighted by molar-refractivity contribution is 5.99. The number of amides is 3. The van der Waals surface area contributed by atoms with Gasteiger partial charge in [0.25, 0.3) is 5.91 Å². The number of rotatable bonds is 11. The molecule has 0 spiro atoms. The topological polar surface area (TPSA) is 97.0 Å². The number of methoxy groups -OCH3 is 1. The maximum atomic E-state index is 14.1.